The first kappa shape index (κ1) is 31.3. The Labute approximate surface area is 224 Å². The summed E-state index contributed by atoms with van der Waals surface area (Å²) in [5.41, 5.74) is 0.929. The van der Waals surface area contributed by atoms with Crippen molar-refractivity contribution in [3.63, 3.8) is 0 Å². The van der Waals surface area contributed by atoms with Crippen LogP contribution in [0.15, 0.2) is 29.2 Å². The van der Waals surface area contributed by atoms with Crippen molar-refractivity contribution in [2.45, 2.75) is 55.8 Å². The van der Waals surface area contributed by atoms with Crippen LogP contribution in [0.5, 0.6) is 0 Å². The van der Waals surface area contributed by atoms with Crippen molar-refractivity contribution < 1.29 is 41.1 Å². The fourth-order valence-electron chi connectivity index (χ4n) is 3.69. The molecule has 1 heterocycles. The first-order chi connectivity index (χ1) is 18.2. The van der Waals surface area contributed by atoms with Crippen LogP contribution < -0.4 is 5.32 Å². The largest absolute Gasteiger partial charge is 0.366 e. The Morgan fingerprint density at radius 1 is 0.974 bits per heavy atom. The van der Waals surface area contributed by atoms with Crippen molar-refractivity contribution in [2.24, 2.45) is 0 Å². The molecule has 1 aliphatic rings. The van der Waals surface area contributed by atoms with Crippen LogP contribution in [-0.4, -0.2) is 84.6 Å². The molecule has 1 aromatic rings. The lowest BCUT2D eigenvalue weighted by atomic mass is 9.96. The highest BCUT2D eigenvalue weighted by molar-refractivity contribution is 7.86. The number of ether oxygens (including phenoxy) is 5. The molecule has 1 amide bonds. The van der Waals surface area contributed by atoms with E-state index in [4.69, 9.17) is 47.1 Å². The molecule has 0 spiro atoms. The second-order valence-electron chi connectivity index (χ2n) is 8.26. The monoisotopic (exact) mass is 547 g/mol. The Morgan fingerprint density at radius 3 is 2.21 bits per heavy atom. The number of aryl methyl sites for hydroxylation is 1. The molecule has 2 rings (SSSR count). The Kier molecular flexibility index (Phi) is 13.3. The summed E-state index contributed by atoms with van der Waals surface area (Å²) in [6, 6.07) is 5.50. The van der Waals surface area contributed by atoms with E-state index in [0.29, 0.717) is 0 Å². The normalized spacial score (nSPS) is 23.1. The number of nitrogens with one attached hydrogen (secondary N) is 1. The third kappa shape index (κ3) is 9.75. The van der Waals surface area contributed by atoms with Gasteiger partial charge in [-0.05, 0) is 25.5 Å². The van der Waals surface area contributed by atoms with Crippen molar-refractivity contribution in [3.05, 3.63) is 29.8 Å². The van der Waals surface area contributed by atoms with Gasteiger partial charge in [0, 0.05) is 6.92 Å². The zero-order chi connectivity index (χ0) is 28.0. The molecular formula is C27H33NO9S. The highest BCUT2D eigenvalue weighted by Gasteiger charge is 2.48. The molecular weight excluding hydrogens is 514 g/mol. The Balaban J connectivity index is 2.10. The molecule has 38 heavy (non-hydrogen) atoms. The van der Waals surface area contributed by atoms with Gasteiger partial charge in [-0.2, -0.15) is 8.42 Å². The topological polar surface area (TPSA) is 119 Å². The predicted molar refractivity (Wildman–Crippen MR) is 138 cm³/mol. The van der Waals surface area contributed by atoms with Gasteiger partial charge < -0.3 is 29.0 Å². The zero-order valence-electron chi connectivity index (χ0n) is 21.5. The van der Waals surface area contributed by atoms with Crippen molar-refractivity contribution in [3.8, 4) is 37.0 Å². The number of terminal acetylenes is 3. The predicted octanol–water partition coefficient (Wildman–Crippen LogP) is 1.02. The van der Waals surface area contributed by atoms with Crippen LogP contribution in [0, 0.1) is 44.0 Å². The first-order valence-corrected chi connectivity index (χ1v) is 13.3. The van der Waals surface area contributed by atoms with E-state index in [2.05, 4.69) is 23.1 Å². The average molecular weight is 548 g/mol. The van der Waals surface area contributed by atoms with Crippen LogP contribution in [0.4, 0.5) is 0 Å². The van der Waals surface area contributed by atoms with Crippen molar-refractivity contribution >= 4 is 16.0 Å². The number of hydrogen-bond donors (Lipinski definition) is 1. The highest BCUT2D eigenvalue weighted by atomic mass is 32.2. The van der Waals surface area contributed by atoms with E-state index in [0.717, 1.165) is 5.56 Å². The molecule has 0 aliphatic carbocycles. The van der Waals surface area contributed by atoms with Gasteiger partial charge in [-0.25, -0.2) is 0 Å². The molecule has 0 unspecified atom stereocenters. The van der Waals surface area contributed by atoms with Crippen LogP contribution in [0.1, 0.15) is 18.9 Å². The van der Waals surface area contributed by atoms with Crippen molar-refractivity contribution in [1.82, 2.24) is 5.32 Å². The van der Waals surface area contributed by atoms with Crippen LogP contribution in [0.25, 0.3) is 0 Å². The van der Waals surface area contributed by atoms with E-state index in [1.54, 1.807) is 12.1 Å². The van der Waals surface area contributed by atoms with Crippen LogP contribution in [-0.2, 0) is 42.8 Å². The summed E-state index contributed by atoms with van der Waals surface area (Å²) in [5, 5.41) is 2.76. The Hall–Kier alpha value is -2.92. The molecule has 1 aromatic carbocycles. The molecule has 10 nitrogen and oxygen atoms in total. The van der Waals surface area contributed by atoms with E-state index >= 15 is 0 Å². The van der Waals surface area contributed by atoms with Gasteiger partial charge in [0.1, 0.15) is 44.2 Å². The van der Waals surface area contributed by atoms with Crippen molar-refractivity contribution in [1.29, 1.82) is 0 Å². The minimum atomic E-state index is -3.91. The minimum absolute atomic E-state index is 0.0277. The van der Waals surface area contributed by atoms with E-state index in [1.165, 1.54) is 19.1 Å². The minimum Gasteiger partial charge on any atom is -0.366 e. The van der Waals surface area contributed by atoms with Gasteiger partial charge in [0.2, 0.25) is 5.91 Å². The van der Waals surface area contributed by atoms with Crippen LogP contribution in [0.3, 0.4) is 0 Å². The molecule has 1 saturated heterocycles. The van der Waals surface area contributed by atoms with Gasteiger partial charge in [-0.3, -0.25) is 8.98 Å². The van der Waals surface area contributed by atoms with Gasteiger partial charge >= 0.3 is 0 Å². The summed E-state index contributed by atoms with van der Waals surface area (Å²) in [6.45, 7) is 3.02. The molecule has 0 radical (unpaired) electrons. The first-order valence-electron chi connectivity index (χ1n) is 11.8. The Bertz CT molecular complexity index is 1120. The third-order valence-electron chi connectivity index (χ3n) is 5.32. The van der Waals surface area contributed by atoms with E-state index < -0.39 is 40.8 Å². The molecule has 206 valence electrons. The fraction of sp³-hybridized carbons (Fsp3) is 0.519. The zero-order valence-corrected chi connectivity index (χ0v) is 22.3. The SMILES string of the molecule is C#CCOC[C@H]1O[C@@H](OCCCOS(=O)(=O)c2ccc(C)cc2)[C@H](NC(C)=O)[C@@H](OCC#C)[C@@H]1OCC#C. The maximum absolute atomic E-state index is 12.4. The van der Waals surface area contributed by atoms with Gasteiger partial charge in [0.05, 0.1) is 24.7 Å². The van der Waals surface area contributed by atoms with E-state index in [1.807, 2.05) is 6.92 Å². The lowest BCUT2D eigenvalue weighted by Gasteiger charge is -2.45. The van der Waals surface area contributed by atoms with Crippen LogP contribution in [0.2, 0.25) is 0 Å². The number of carbonyl (C=O) groups is 1. The van der Waals surface area contributed by atoms with Crippen LogP contribution >= 0.6 is 0 Å². The van der Waals surface area contributed by atoms with E-state index in [-0.39, 0.29) is 56.9 Å². The molecule has 1 fully saturated rings. The second-order valence-corrected chi connectivity index (χ2v) is 9.88. The third-order valence-corrected chi connectivity index (χ3v) is 6.65. The number of benzene rings is 1. The number of hydrogen-bond acceptors (Lipinski definition) is 9. The van der Waals surface area contributed by atoms with Gasteiger partial charge in [-0.1, -0.05) is 35.5 Å². The second kappa shape index (κ2) is 16.1. The number of amides is 1. The quantitative estimate of drug-likeness (QED) is 0.195. The molecule has 0 saturated carbocycles. The van der Waals surface area contributed by atoms with Gasteiger partial charge in [0.15, 0.2) is 6.29 Å². The lowest BCUT2D eigenvalue weighted by Crippen LogP contribution is -2.66. The maximum atomic E-state index is 12.4. The fourth-order valence-corrected chi connectivity index (χ4v) is 4.63. The van der Waals surface area contributed by atoms with Gasteiger partial charge in [0.25, 0.3) is 10.1 Å². The average Bonchev–Trinajstić information content (AvgIpc) is 2.88. The summed E-state index contributed by atoms with van der Waals surface area (Å²) in [4.78, 5) is 12.1. The molecule has 5 atom stereocenters. The summed E-state index contributed by atoms with van der Waals surface area (Å²) < 4.78 is 59.0. The highest BCUT2D eigenvalue weighted by Crippen LogP contribution is 2.27. The summed E-state index contributed by atoms with van der Waals surface area (Å²) in [7, 11) is -3.91. The van der Waals surface area contributed by atoms with Gasteiger partial charge in [-0.15, -0.1) is 19.3 Å². The molecule has 1 N–H and O–H groups in total. The standard InChI is InChI=1S/C27H33NO9S/c1-6-14-32-19-23-25(33-15-7-2)26(34-16-8-3)24(28-21(5)29)27(37-23)35-17-9-18-36-38(30,31)22-12-10-20(4)11-13-22/h1-3,10-13,23-27H,9,14-19H2,4-5H3,(H,28,29)/t23-,24-,25-,26-,27-/m1/s1. The maximum Gasteiger partial charge on any atom is 0.296 e. The molecule has 11 heteroatoms. The number of carbonyl (C=O) groups excluding carboxylic acids is 1. The molecule has 1 aliphatic heterocycles. The summed E-state index contributed by atoms with van der Waals surface area (Å²) in [5.74, 6) is 6.79. The van der Waals surface area contributed by atoms with E-state index in [9.17, 15) is 13.2 Å². The Morgan fingerprint density at radius 2 is 1.61 bits per heavy atom. The summed E-state index contributed by atoms with van der Waals surface area (Å²) in [6.07, 6.45) is 12.9. The number of rotatable bonds is 15. The smallest absolute Gasteiger partial charge is 0.296 e. The van der Waals surface area contributed by atoms with Crippen molar-refractivity contribution in [2.75, 3.05) is 39.6 Å². The lowest BCUT2D eigenvalue weighted by molar-refractivity contribution is -0.283. The molecule has 0 bridgehead atoms. The molecule has 0 aromatic heterocycles. The summed E-state index contributed by atoms with van der Waals surface area (Å²) >= 11 is 0.